The van der Waals surface area contributed by atoms with E-state index in [9.17, 15) is 14.7 Å². The lowest BCUT2D eigenvalue weighted by molar-refractivity contribution is -0.147. The van der Waals surface area contributed by atoms with E-state index in [1.807, 2.05) is 30.3 Å². The second kappa shape index (κ2) is 5.40. The van der Waals surface area contributed by atoms with Crippen LogP contribution >= 0.6 is 0 Å². The fourth-order valence-corrected chi connectivity index (χ4v) is 2.87. The van der Waals surface area contributed by atoms with Crippen molar-refractivity contribution in [3.8, 4) is 0 Å². The molecule has 22 heavy (non-hydrogen) atoms. The van der Waals surface area contributed by atoms with Crippen LogP contribution in [0.15, 0.2) is 36.5 Å². The summed E-state index contributed by atoms with van der Waals surface area (Å²) in [6.07, 6.45) is 2.54. The van der Waals surface area contributed by atoms with Crippen LogP contribution in [0.5, 0.6) is 0 Å². The molecule has 1 N–H and O–H groups in total. The second-order valence-electron chi connectivity index (χ2n) is 6.14. The zero-order chi connectivity index (χ0) is 15.7. The molecule has 0 radical (unpaired) electrons. The summed E-state index contributed by atoms with van der Waals surface area (Å²) in [4.78, 5) is 29.5. The Morgan fingerprint density at radius 1 is 1.36 bits per heavy atom. The number of carboxylic acids is 1. The maximum Gasteiger partial charge on any atom is 0.311 e. The van der Waals surface area contributed by atoms with Crippen molar-refractivity contribution in [3.63, 3.8) is 0 Å². The average Bonchev–Trinajstić information content (AvgIpc) is 2.91. The van der Waals surface area contributed by atoms with Gasteiger partial charge in [-0.15, -0.1) is 0 Å². The fraction of sp³-hybridized carbons (Fsp3) is 0.353. The van der Waals surface area contributed by atoms with Crippen LogP contribution in [0.2, 0.25) is 0 Å². The number of fused-ring (bicyclic) bond motifs is 1. The van der Waals surface area contributed by atoms with Crippen LogP contribution in [0.4, 0.5) is 0 Å². The van der Waals surface area contributed by atoms with Crippen LogP contribution in [-0.2, 0) is 16.0 Å². The molecule has 0 saturated carbocycles. The Morgan fingerprint density at radius 3 is 2.91 bits per heavy atom. The third-order valence-electron chi connectivity index (χ3n) is 4.37. The Hall–Kier alpha value is -2.43. The molecule has 5 nitrogen and oxygen atoms in total. The number of carbonyl (C=O) groups excluding carboxylic acids is 1. The molecule has 1 aromatic heterocycles. The number of aliphatic carboxylic acids is 1. The zero-order valence-electron chi connectivity index (χ0n) is 12.5. The monoisotopic (exact) mass is 298 g/mol. The van der Waals surface area contributed by atoms with Crippen LogP contribution in [0.3, 0.4) is 0 Å². The quantitative estimate of drug-likeness (QED) is 0.942. The summed E-state index contributed by atoms with van der Waals surface area (Å²) in [5.41, 5.74) is 1.01. The van der Waals surface area contributed by atoms with Crippen LogP contribution in [-0.4, -0.2) is 40.0 Å². The first kappa shape index (κ1) is 14.5. The lowest BCUT2D eigenvalue weighted by Crippen LogP contribution is -2.35. The minimum absolute atomic E-state index is 0.0202. The molecule has 1 amide bonds. The minimum atomic E-state index is -0.834. The second-order valence-corrected chi connectivity index (χ2v) is 6.14. The van der Waals surface area contributed by atoms with Gasteiger partial charge in [-0.3, -0.25) is 14.6 Å². The molecular formula is C17H18N2O3. The standard InChI is InChI=1S/C17H18N2O3/c1-17(16(21)22)6-8-19(11-17)15(20)10-12-4-5-14-13(9-12)3-2-7-18-14/h2-5,7,9H,6,8,10-11H2,1H3,(H,21,22). The van der Waals surface area contributed by atoms with Crippen molar-refractivity contribution in [3.05, 3.63) is 42.1 Å². The predicted molar refractivity (Wildman–Crippen MR) is 82.4 cm³/mol. The van der Waals surface area contributed by atoms with Gasteiger partial charge in [-0.05, 0) is 37.1 Å². The Labute approximate surface area is 128 Å². The molecule has 3 rings (SSSR count). The Morgan fingerprint density at radius 2 is 2.18 bits per heavy atom. The zero-order valence-corrected chi connectivity index (χ0v) is 12.5. The van der Waals surface area contributed by atoms with Gasteiger partial charge in [0.05, 0.1) is 17.4 Å². The first-order valence-electron chi connectivity index (χ1n) is 7.33. The van der Waals surface area contributed by atoms with Crippen LogP contribution in [0, 0.1) is 5.41 Å². The topological polar surface area (TPSA) is 70.5 Å². The van der Waals surface area contributed by atoms with Crippen molar-refractivity contribution >= 4 is 22.8 Å². The highest BCUT2D eigenvalue weighted by molar-refractivity contribution is 5.84. The van der Waals surface area contributed by atoms with Crippen molar-refractivity contribution < 1.29 is 14.7 Å². The van der Waals surface area contributed by atoms with Gasteiger partial charge >= 0.3 is 5.97 Å². The normalized spacial score (nSPS) is 21.2. The van der Waals surface area contributed by atoms with Crippen molar-refractivity contribution in [2.75, 3.05) is 13.1 Å². The molecule has 1 fully saturated rings. The summed E-state index contributed by atoms with van der Waals surface area (Å²) in [5.74, 6) is -0.854. The summed E-state index contributed by atoms with van der Waals surface area (Å²) in [7, 11) is 0. The fourth-order valence-electron chi connectivity index (χ4n) is 2.87. The van der Waals surface area contributed by atoms with Gasteiger partial charge in [0, 0.05) is 24.7 Å². The van der Waals surface area contributed by atoms with E-state index in [-0.39, 0.29) is 12.5 Å². The first-order valence-corrected chi connectivity index (χ1v) is 7.33. The number of carbonyl (C=O) groups is 2. The van der Waals surface area contributed by atoms with Crippen molar-refractivity contribution in [1.29, 1.82) is 0 Å². The summed E-state index contributed by atoms with van der Waals surface area (Å²) in [5, 5.41) is 10.2. The average molecular weight is 298 g/mol. The third kappa shape index (κ3) is 2.66. The smallest absolute Gasteiger partial charge is 0.311 e. The molecule has 0 bridgehead atoms. The number of benzene rings is 1. The summed E-state index contributed by atoms with van der Waals surface area (Å²) in [6, 6.07) is 9.61. The SMILES string of the molecule is CC1(C(=O)O)CCN(C(=O)Cc2ccc3ncccc3c2)C1. The predicted octanol–water partition coefficient (Wildman–Crippen LogP) is 2.10. The van der Waals surface area contributed by atoms with Crippen LogP contribution in [0.25, 0.3) is 10.9 Å². The maximum absolute atomic E-state index is 12.4. The highest BCUT2D eigenvalue weighted by atomic mass is 16.4. The molecule has 5 heteroatoms. The molecule has 1 aliphatic rings. The van der Waals surface area contributed by atoms with Crippen molar-refractivity contribution in [1.82, 2.24) is 9.88 Å². The van der Waals surface area contributed by atoms with E-state index in [4.69, 9.17) is 0 Å². The van der Waals surface area contributed by atoms with Gasteiger partial charge in [-0.2, -0.15) is 0 Å². The van der Waals surface area contributed by atoms with E-state index in [0.717, 1.165) is 16.5 Å². The van der Waals surface area contributed by atoms with E-state index in [2.05, 4.69) is 4.98 Å². The molecule has 0 spiro atoms. The highest BCUT2D eigenvalue weighted by Gasteiger charge is 2.41. The molecule has 2 heterocycles. The number of hydrogen-bond donors (Lipinski definition) is 1. The number of likely N-dealkylation sites (tertiary alicyclic amines) is 1. The molecule has 0 aliphatic carbocycles. The van der Waals surface area contributed by atoms with Gasteiger partial charge in [0.1, 0.15) is 0 Å². The molecule has 114 valence electrons. The molecule has 1 unspecified atom stereocenters. The van der Waals surface area contributed by atoms with Gasteiger partial charge < -0.3 is 10.0 Å². The molecule has 1 atom stereocenters. The van der Waals surface area contributed by atoms with E-state index >= 15 is 0 Å². The van der Waals surface area contributed by atoms with Gasteiger partial charge in [0.25, 0.3) is 0 Å². The van der Waals surface area contributed by atoms with Gasteiger partial charge in [-0.1, -0.05) is 12.1 Å². The Balaban J connectivity index is 1.72. The number of pyridine rings is 1. The first-order chi connectivity index (χ1) is 10.5. The van der Waals surface area contributed by atoms with E-state index in [1.165, 1.54) is 0 Å². The molecule has 1 saturated heterocycles. The van der Waals surface area contributed by atoms with E-state index in [1.54, 1.807) is 18.0 Å². The lowest BCUT2D eigenvalue weighted by atomic mass is 9.90. The van der Waals surface area contributed by atoms with Crippen molar-refractivity contribution in [2.24, 2.45) is 5.41 Å². The minimum Gasteiger partial charge on any atom is -0.481 e. The number of amides is 1. The number of aromatic nitrogens is 1. The van der Waals surface area contributed by atoms with Crippen LogP contribution in [0.1, 0.15) is 18.9 Å². The Bertz CT molecular complexity index is 744. The van der Waals surface area contributed by atoms with Gasteiger partial charge in [0.15, 0.2) is 0 Å². The number of carboxylic acid groups (broad SMARTS) is 1. The largest absolute Gasteiger partial charge is 0.481 e. The molecule has 1 aliphatic heterocycles. The number of nitrogens with zero attached hydrogens (tertiary/aromatic N) is 2. The lowest BCUT2D eigenvalue weighted by Gasteiger charge is -2.20. The van der Waals surface area contributed by atoms with E-state index < -0.39 is 11.4 Å². The van der Waals surface area contributed by atoms with Crippen molar-refractivity contribution in [2.45, 2.75) is 19.8 Å². The molecular weight excluding hydrogens is 280 g/mol. The van der Waals surface area contributed by atoms with Gasteiger partial charge in [0.2, 0.25) is 5.91 Å². The summed E-state index contributed by atoms with van der Waals surface area (Å²) < 4.78 is 0. The maximum atomic E-state index is 12.4. The summed E-state index contributed by atoms with van der Waals surface area (Å²) >= 11 is 0. The Kier molecular flexibility index (Phi) is 3.56. The van der Waals surface area contributed by atoms with Crippen LogP contribution < -0.4 is 0 Å². The summed E-state index contributed by atoms with van der Waals surface area (Å²) in [6.45, 7) is 2.50. The molecule has 2 aromatic rings. The number of rotatable bonds is 3. The highest BCUT2D eigenvalue weighted by Crippen LogP contribution is 2.30. The van der Waals surface area contributed by atoms with E-state index in [0.29, 0.717) is 19.4 Å². The van der Waals surface area contributed by atoms with Gasteiger partial charge in [-0.25, -0.2) is 0 Å². The third-order valence-corrected chi connectivity index (χ3v) is 4.37. The molecule has 1 aromatic carbocycles. The number of hydrogen-bond acceptors (Lipinski definition) is 3.